The van der Waals surface area contributed by atoms with Crippen LogP contribution in [0, 0.1) is 13.8 Å². The molecule has 3 nitrogen and oxygen atoms in total. The lowest BCUT2D eigenvalue weighted by atomic mass is 9.98. The molecule has 4 rings (SSSR count). The van der Waals surface area contributed by atoms with Crippen LogP contribution in [0.15, 0.2) is 77.7 Å². The molecule has 0 saturated carbocycles. The van der Waals surface area contributed by atoms with Gasteiger partial charge in [0.1, 0.15) is 0 Å². The predicted octanol–water partition coefficient (Wildman–Crippen LogP) is 5.05. The quantitative estimate of drug-likeness (QED) is 0.642. The number of hydrogen-bond acceptors (Lipinski definition) is 2. The summed E-state index contributed by atoms with van der Waals surface area (Å²) in [5.74, 6) is 0. The van der Waals surface area contributed by atoms with Gasteiger partial charge < -0.3 is 0 Å². The van der Waals surface area contributed by atoms with Crippen molar-refractivity contribution in [3.05, 3.63) is 95.1 Å². The molecule has 0 unspecified atom stereocenters. The Morgan fingerprint density at radius 3 is 2.22 bits per heavy atom. The zero-order valence-corrected chi connectivity index (χ0v) is 16.2. The highest BCUT2D eigenvalue weighted by atomic mass is 32.2. The average molecular weight is 375 g/mol. The molecule has 0 fully saturated rings. The zero-order valence-electron chi connectivity index (χ0n) is 15.4. The van der Waals surface area contributed by atoms with Crippen LogP contribution in [0.2, 0.25) is 0 Å². The zero-order chi connectivity index (χ0) is 19.0. The molecule has 0 amide bonds. The molecule has 3 aromatic rings. The largest absolute Gasteiger partial charge is 0.264 e. The SMILES string of the molecule is Cc1ccc(C2=Cc3ccccc3N(S(=O)(=O)c3ccccc3C)C2)cc1. The Labute approximate surface area is 160 Å². The van der Waals surface area contributed by atoms with Gasteiger partial charge in [0.25, 0.3) is 10.0 Å². The Bertz CT molecular complexity index is 1130. The van der Waals surface area contributed by atoms with Crippen LogP contribution in [0.1, 0.15) is 22.3 Å². The number of para-hydroxylation sites is 1. The highest BCUT2D eigenvalue weighted by Gasteiger charge is 2.30. The minimum absolute atomic E-state index is 0.316. The molecule has 0 N–H and O–H groups in total. The van der Waals surface area contributed by atoms with Gasteiger partial charge >= 0.3 is 0 Å². The van der Waals surface area contributed by atoms with E-state index in [1.54, 1.807) is 12.1 Å². The highest BCUT2D eigenvalue weighted by Crippen LogP contribution is 2.36. The maximum absolute atomic E-state index is 13.5. The summed E-state index contributed by atoms with van der Waals surface area (Å²) >= 11 is 0. The third kappa shape index (κ3) is 3.17. The van der Waals surface area contributed by atoms with Gasteiger partial charge in [-0.2, -0.15) is 0 Å². The molecule has 0 atom stereocenters. The molecular formula is C23H21NO2S. The molecule has 4 heteroatoms. The van der Waals surface area contributed by atoms with Crippen molar-refractivity contribution in [2.24, 2.45) is 0 Å². The van der Waals surface area contributed by atoms with E-state index in [1.165, 1.54) is 9.87 Å². The molecule has 1 aliphatic rings. The summed E-state index contributed by atoms with van der Waals surface area (Å²) < 4.78 is 28.5. The van der Waals surface area contributed by atoms with Gasteiger partial charge in [0, 0.05) is 0 Å². The standard InChI is InChI=1S/C23H21NO2S/c1-17-11-13-19(14-12-17)21-15-20-8-4-5-9-22(20)24(16-21)27(25,26)23-10-6-3-7-18(23)2/h3-15H,16H2,1-2H3. The second-order valence-corrected chi connectivity index (χ2v) is 8.70. The maximum atomic E-state index is 13.5. The maximum Gasteiger partial charge on any atom is 0.264 e. The van der Waals surface area contributed by atoms with Crippen LogP contribution < -0.4 is 4.31 Å². The third-order valence-corrected chi connectivity index (χ3v) is 6.85. The van der Waals surface area contributed by atoms with E-state index < -0.39 is 10.0 Å². The van der Waals surface area contributed by atoms with Crippen molar-refractivity contribution >= 4 is 27.4 Å². The van der Waals surface area contributed by atoms with Gasteiger partial charge in [0.15, 0.2) is 0 Å². The van der Waals surface area contributed by atoms with Crippen molar-refractivity contribution in [2.45, 2.75) is 18.7 Å². The van der Waals surface area contributed by atoms with Crippen LogP contribution in [0.5, 0.6) is 0 Å². The van der Waals surface area contributed by atoms with Crippen molar-refractivity contribution in [1.82, 2.24) is 0 Å². The van der Waals surface area contributed by atoms with Crippen LogP contribution in [-0.2, 0) is 10.0 Å². The lowest BCUT2D eigenvalue weighted by molar-refractivity contribution is 0.592. The minimum atomic E-state index is -3.66. The second-order valence-electron chi connectivity index (χ2n) is 6.87. The first kappa shape index (κ1) is 17.6. The van der Waals surface area contributed by atoms with Crippen molar-refractivity contribution in [1.29, 1.82) is 0 Å². The number of rotatable bonds is 3. The number of hydrogen-bond donors (Lipinski definition) is 0. The molecular weight excluding hydrogens is 354 g/mol. The monoisotopic (exact) mass is 375 g/mol. The smallest absolute Gasteiger partial charge is 0.261 e. The predicted molar refractivity (Wildman–Crippen MR) is 111 cm³/mol. The van der Waals surface area contributed by atoms with Crippen LogP contribution in [-0.4, -0.2) is 15.0 Å². The molecule has 0 aliphatic carbocycles. The molecule has 3 aromatic carbocycles. The summed E-state index contributed by atoms with van der Waals surface area (Å²) in [6.07, 6.45) is 2.09. The van der Waals surface area contributed by atoms with Gasteiger partial charge in [0.2, 0.25) is 0 Å². The molecule has 0 radical (unpaired) electrons. The van der Waals surface area contributed by atoms with E-state index in [9.17, 15) is 8.42 Å². The molecule has 1 heterocycles. The van der Waals surface area contributed by atoms with E-state index in [2.05, 4.69) is 18.2 Å². The van der Waals surface area contributed by atoms with Crippen molar-refractivity contribution < 1.29 is 8.42 Å². The van der Waals surface area contributed by atoms with Crippen molar-refractivity contribution in [2.75, 3.05) is 10.8 Å². The van der Waals surface area contributed by atoms with E-state index in [-0.39, 0.29) is 0 Å². The van der Waals surface area contributed by atoms with E-state index in [4.69, 9.17) is 0 Å². The van der Waals surface area contributed by atoms with E-state index in [1.807, 2.05) is 62.4 Å². The normalized spacial score (nSPS) is 13.9. The molecule has 27 heavy (non-hydrogen) atoms. The Morgan fingerprint density at radius 1 is 0.815 bits per heavy atom. The highest BCUT2D eigenvalue weighted by molar-refractivity contribution is 7.93. The summed E-state index contributed by atoms with van der Waals surface area (Å²) in [6, 6.07) is 23.0. The lowest BCUT2D eigenvalue weighted by Crippen LogP contribution is -2.35. The molecule has 136 valence electrons. The number of sulfonamides is 1. The molecule has 0 aromatic heterocycles. The molecule has 0 bridgehead atoms. The van der Waals surface area contributed by atoms with Crippen LogP contribution in [0.25, 0.3) is 11.6 Å². The minimum Gasteiger partial charge on any atom is -0.261 e. The first-order valence-electron chi connectivity index (χ1n) is 8.92. The number of anilines is 1. The van der Waals surface area contributed by atoms with E-state index >= 15 is 0 Å². The van der Waals surface area contributed by atoms with Gasteiger partial charge in [-0.15, -0.1) is 0 Å². The van der Waals surface area contributed by atoms with Gasteiger partial charge in [-0.05, 0) is 54.3 Å². The van der Waals surface area contributed by atoms with Crippen LogP contribution in [0.4, 0.5) is 5.69 Å². The van der Waals surface area contributed by atoms with Crippen molar-refractivity contribution in [3.63, 3.8) is 0 Å². The summed E-state index contributed by atoms with van der Waals surface area (Å²) in [5, 5.41) is 0. The van der Waals surface area contributed by atoms with E-state index in [0.717, 1.165) is 28.0 Å². The first-order chi connectivity index (χ1) is 13.0. The van der Waals surface area contributed by atoms with Crippen LogP contribution >= 0.6 is 0 Å². The van der Waals surface area contributed by atoms with Gasteiger partial charge in [-0.3, -0.25) is 4.31 Å². The third-order valence-electron chi connectivity index (χ3n) is 4.93. The fourth-order valence-electron chi connectivity index (χ4n) is 3.43. The van der Waals surface area contributed by atoms with E-state index in [0.29, 0.717) is 11.4 Å². The summed E-state index contributed by atoms with van der Waals surface area (Å²) in [6.45, 7) is 4.19. The molecule has 1 aliphatic heterocycles. The Hall–Kier alpha value is -2.85. The number of aryl methyl sites for hydroxylation is 2. The molecule has 0 saturated heterocycles. The fourth-order valence-corrected chi connectivity index (χ4v) is 5.13. The van der Waals surface area contributed by atoms with Crippen molar-refractivity contribution in [3.8, 4) is 0 Å². The van der Waals surface area contributed by atoms with Crippen LogP contribution in [0.3, 0.4) is 0 Å². The fraction of sp³-hybridized carbons (Fsp3) is 0.130. The molecule has 0 spiro atoms. The van der Waals surface area contributed by atoms with Gasteiger partial charge in [0.05, 0.1) is 17.1 Å². The topological polar surface area (TPSA) is 37.4 Å². The summed E-state index contributed by atoms with van der Waals surface area (Å²) in [5.41, 5.74) is 5.60. The average Bonchev–Trinajstić information content (AvgIpc) is 2.68. The second kappa shape index (κ2) is 6.71. The number of fused-ring (bicyclic) bond motifs is 1. The number of benzene rings is 3. The summed E-state index contributed by atoms with van der Waals surface area (Å²) in [4.78, 5) is 0.352. The Morgan fingerprint density at radius 2 is 1.48 bits per heavy atom. The first-order valence-corrected chi connectivity index (χ1v) is 10.4. The Balaban J connectivity index is 1.86. The Kier molecular flexibility index (Phi) is 4.36. The van der Waals surface area contributed by atoms with Gasteiger partial charge in [-0.1, -0.05) is 66.2 Å². The number of nitrogens with zero attached hydrogens (tertiary/aromatic N) is 1. The van der Waals surface area contributed by atoms with Gasteiger partial charge in [-0.25, -0.2) is 8.42 Å². The lowest BCUT2D eigenvalue weighted by Gasteiger charge is -2.31. The summed E-state index contributed by atoms with van der Waals surface area (Å²) in [7, 11) is -3.66.